The molecule has 1 aliphatic heterocycles. The Bertz CT molecular complexity index is 1010. The number of imide groups is 1. The molecule has 1 aliphatic rings. The molecular weight excluding hydrogens is 392 g/mol. The first-order valence-corrected chi connectivity index (χ1v) is 9.14. The second-order valence-corrected chi connectivity index (χ2v) is 6.63. The third-order valence-corrected chi connectivity index (χ3v) is 4.95. The Morgan fingerprint density at radius 1 is 1.23 bits per heavy atom. The van der Waals surface area contributed by atoms with Gasteiger partial charge >= 0.3 is 6.03 Å². The molecule has 1 saturated heterocycles. The molecule has 2 aromatic rings. The van der Waals surface area contributed by atoms with Gasteiger partial charge < -0.3 is 15.4 Å². The Morgan fingerprint density at radius 2 is 1.93 bits per heavy atom. The minimum atomic E-state index is -1.26. The second kappa shape index (κ2) is 8.19. The Labute approximate surface area is 172 Å². The molecule has 1 fully saturated rings. The largest absolute Gasteiger partial charge is 0.496 e. The van der Waals surface area contributed by atoms with Crippen molar-refractivity contribution in [2.45, 2.75) is 18.9 Å². The van der Waals surface area contributed by atoms with Gasteiger partial charge in [-0.15, -0.1) is 0 Å². The fourth-order valence-electron chi connectivity index (χ4n) is 3.36. The number of anilines is 1. The maximum Gasteiger partial charge on any atom is 0.325 e. The van der Waals surface area contributed by atoms with Crippen LogP contribution in [0.1, 0.15) is 18.9 Å². The van der Waals surface area contributed by atoms with Gasteiger partial charge in [0, 0.05) is 0 Å². The van der Waals surface area contributed by atoms with E-state index in [4.69, 9.17) is 4.74 Å². The average molecular weight is 412 g/mol. The van der Waals surface area contributed by atoms with Crippen LogP contribution >= 0.6 is 0 Å². The summed E-state index contributed by atoms with van der Waals surface area (Å²) >= 11 is 0. The molecule has 0 radical (unpaired) electrons. The zero-order valence-electron chi connectivity index (χ0n) is 16.4. The highest BCUT2D eigenvalue weighted by atomic mass is 16.6. The zero-order valence-corrected chi connectivity index (χ0v) is 16.4. The number of hydrogen-bond donors (Lipinski definition) is 2. The molecule has 1 atom stereocenters. The van der Waals surface area contributed by atoms with Crippen LogP contribution in [0.25, 0.3) is 0 Å². The third kappa shape index (κ3) is 3.66. The van der Waals surface area contributed by atoms with Gasteiger partial charge in [-0.05, 0) is 24.1 Å². The predicted octanol–water partition coefficient (Wildman–Crippen LogP) is 2.40. The minimum absolute atomic E-state index is 0.0670. The molecule has 2 N–H and O–H groups in total. The summed E-state index contributed by atoms with van der Waals surface area (Å²) in [5.74, 6) is -1.04. The SMILES string of the molecule is CC[C@]1(c2ccccc2)NC(=O)N(CC(=O)Nc2ccc(OC)cc2[N+](=O)[O-])C1=O. The number of methoxy groups -OCH3 is 1. The normalized spacial score (nSPS) is 18.1. The van der Waals surface area contributed by atoms with Gasteiger partial charge in [-0.1, -0.05) is 37.3 Å². The van der Waals surface area contributed by atoms with Gasteiger partial charge in [0.05, 0.1) is 18.1 Å². The number of nitrogens with zero attached hydrogens (tertiary/aromatic N) is 2. The van der Waals surface area contributed by atoms with E-state index >= 15 is 0 Å². The fourth-order valence-corrected chi connectivity index (χ4v) is 3.36. The highest BCUT2D eigenvalue weighted by Gasteiger charge is 2.51. The summed E-state index contributed by atoms with van der Waals surface area (Å²) in [5.41, 5.74) is -1.08. The lowest BCUT2D eigenvalue weighted by atomic mass is 9.87. The van der Waals surface area contributed by atoms with Gasteiger partial charge in [0.1, 0.15) is 23.5 Å². The summed E-state index contributed by atoms with van der Waals surface area (Å²) in [4.78, 5) is 49.4. The molecule has 0 saturated carbocycles. The smallest absolute Gasteiger partial charge is 0.325 e. The van der Waals surface area contributed by atoms with Crippen LogP contribution in [0.3, 0.4) is 0 Å². The molecule has 10 heteroatoms. The van der Waals surface area contributed by atoms with Gasteiger partial charge in [-0.3, -0.25) is 24.6 Å². The zero-order chi connectivity index (χ0) is 21.9. The summed E-state index contributed by atoms with van der Waals surface area (Å²) in [7, 11) is 1.36. The van der Waals surface area contributed by atoms with Crippen LogP contribution in [-0.4, -0.2) is 41.3 Å². The number of nitrogens with one attached hydrogen (secondary N) is 2. The Morgan fingerprint density at radius 3 is 2.53 bits per heavy atom. The molecule has 0 aliphatic carbocycles. The van der Waals surface area contributed by atoms with Crippen molar-refractivity contribution in [2.75, 3.05) is 19.0 Å². The van der Waals surface area contributed by atoms with Gasteiger partial charge in [0.15, 0.2) is 0 Å². The number of hydrogen-bond acceptors (Lipinski definition) is 6. The quantitative estimate of drug-likeness (QED) is 0.408. The number of carbonyl (C=O) groups is 3. The van der Waals surface area contributed by atoms with Crippen LogP contribution in [0.5, 0.6) is 5.75 Å². The summed E-state index contributed by atoms with van der Waals surface area (Å²) in [6.45, 7) is 1.18. The molecule has 2 aromatic carbocycles. The summed E-state index contributed by atoms with van der Waals surface area (Å²) in [6, 6.07) is 12.0. The first-order chi connectivity index (χ1) is 14.3. The molecule has 0 aromatic heterocycles. The first kappa shape index (κ1) is 20.8. The topological polar surface area (TPSA) is 131 Å². The van der Waals surface area contributed by atoms with E-state index in [-0.39, 0.29) is 17.1 Å². The number of benzene rings is 2. The van der Waals surface area contributed by atoms with Crippen molar-refractivity contribution in [1.82, 2.24) is 10.2 Å². The molecule has 0 unspecified atom stereocenters. The second-order valence-electron chi connectivity index (χ2n) is 6.63. The molecule has 10 nitrogen and oxygen atoms in total. The number of amides is 4. The number of carbonyl (C=O) groups excluding carboxylic acids is 3. The van der Waals surface area contributed by atoms with E-state index in [2.05, 4.69) is 10.6 Å². The molecule has 1 heterocycles. The van der Waals surface area contributed by atoms with Crippen molar-refractivity contribution in [2.24, 2.45) is 0 Å². The predicted molar refractivity (Wildman–Crippen MR) is 107 cm³/mol. The van der Waals surface area contributed by atoms with Crippen molar-refractivity contribution in [3.63, 3.8) is 0 Å². The van der Waals surface area contributed by atoms with Crippen LogP contribution in [-0.2, 0) is 15.1 Å². The Hall–Kier alpha value is -3.95. The Balaban J connectivity index is 1.80. The number of rotatable bonds is 7. The minimum Gasteiger partial charge on any atom is -0.496 e. The summed E-state index contributed by atoms with van der Waals surface area (Å²) in [5, 5.41) is 16.3. The van der Waals surface area contributed by atoms with Crippen LogP contribution in [0, 0.1) is 10.1 Å². The van der Waals surface area contributed by atoms with E-state index < -0.39 is 34.9 Å². The lowest BCUT2D eigenvalue weighted by Crippen LogP contribution is -2.44. The van der Waals surface area contributed by atoms with Crippen molar-refractivity contribution in [3.05, 3.63) is 64.2 Å². The number of nitro groups is 1. The van der Waals surface area contributed by atoms with E-state index in [0.29, 0.717) is 12.0 Å². The van der Waals surface area contributed by atoms with Crippen molar-refractivity contribution in [1.29, 1.82) is 0 Å². The van der Waals surface area contributed by atoms with Crippen LogP contribution in [0.2, 0.25) is 0 Å². The Kier molecular flexibility index (Phi) is 5.67. The fraction of sp³-hybridized carbons (Fsp3) is 0.250. The molecule has 0 spiro atoms. The first-order valence-electron chi connectivity index (χ1n) is 9.14. The standard InChI is InChI=1S/C20H20N4O6/c1-3-20(13-7-5-4-6-8-13)18(26)23(19(27)22-20)12-17(25)21-15-10-9-14(30-2)11-16(15)24(28)29/h4-11H,3,12H2,1-2H3,(H,21,25)(H,22,27)/t20-/m1/s1. The average Bonchev–Trinajstić information content (AvgIpc) is 2.99. The third-order valence-electron chi connectivity index (χ3n) is 4.95. The molecule has 30 heavy (non-hydrogen) atoms. The summed E-state index contributed by atoms with van der Waals surface area (Å²) in [6.07, 6.45) is 0.295. The number of ether oxygens (including phenoxy) is 1. The van der Waals surface area contributed by atoms with E-state index in [1.807, 2.05) is 0 Å². The molecular formula is C20H20N4O6. The molecule has 156 valence electrons. The van der Waals surface area contributed by atoms with Gasteiger partial charge in [-0.25, -0.2) is 4.79 Å². The maximum absolute atomic E-state index is 13.1. The monoisotopic (exact) mass is 412 g/mol. The number of urea groups is 1. The number of nitro benzene ring substituents is 1. The van der Waals surface area contributed by atoms with E-state index in [1.165, 1.54) is 25.3 Å². The maximum atomic E-state index is 13.1. The van der Waals surface area contributed by atoms with Gasteiger partial charge in [0.25, 0.3) is 11.6 Å². The molecule has 0 bridgehead atoms. The van der Waals surface area contributed by atoms with E-state index in [9.17, 15) is 24.5 Å². The van der Waals surface area contributed by atoms with Crippen LogP contribution in [0.15, 0.2) is 48.5 Å². The molecule has 3 rings (SSSR count). The van der Waals surface area contributed by atoms with E-state index in [1.54, 1.807) is 37.3 Å². The summed E-state index contributed by atoms with van der Waals surface area (Å²) < 4.78 is 4.96. The van der Waals surface area contributed by atoms with E-state index in [0.717, 1.165) is 4.90 Å². The highest BCUT2D eigenvalue weighted by Crippen LogP contribution is 2.33. The van der Waals surface area contributed by atoms with Crippen molar-refractivity contribution in [3.8, 4) is 5.75 Å². The molecule has 4 amide bonds. The lowest BCUT2D eigenvalue weighted by Gasteiger charge is -2.25. The van der Waals surface area contributed by atoms with Crippen LogP contribution in [0.4, 0.5) is 16.2 Å². The highest BCUT2D eigenvalue weighted by molar-refractivity contribution is 6.10. The van der Waals surface area contributed by atoms with Crippen molar-refractivity contribution < 1.29 is 24.0 Å². The van der Waals surface area contributed by atoms with Gasteiger partial charge in [0.2, 0.25) is 5.91 Å². The van der Waals surface area contributed by atoms with Crippen LogP contribution < -0.4 is 15.4 Å². The van der Waals surface area contributed by atoms with Crippen molar-refractivity contribution >= 4 is 29.2 Å². The lowest BCUT2D eigenvalue weighted by molar-refractivity contribution is -0.384. The van der Waals surface area contributed by atoms with Gasteiger partial charge in [-0.2, -0.15) is 0 Å².